The van der Waals surface area contributed by atoms with Gasteiger partial charge in [0.25, 0.3) is 5.91 Å². The molecular formula is C14H15N5O2. The fraction of sp³-hybridized carbons (Fsp3) is 0.357. The van der Waals surface area contributed by atoms with Crippen LogP contribution >= 0.6 is 0 Å². The molecule has 3 heterocycles. The molecule has 3 rings (SSSR count). The van der Waals surface area contributed by atoms with E-state index in [1.165, 1.54) is 18.7 Å². The highest BCUT2D eigenvalue weighted by atomic mass is 16.5. The summed E-state index contributed by atoms with van der Waals surface area (Å²) in [6.07, 6.45) is 7.41. The average Bonchev–Trinajstić information content (AvgIpc) is 2.77. The van der Waals surface area contributed by atoms with Crippen molar-refractivity contribution >= 4 is 5.91 Å². The number of methoxy groups -OCH3 is 1. The standard InChI is InChI=1S/C14H15N5O2/c1-21-13-10-2-6-19(7-3-11(10)17-9-18-13)14(20)12-8-15-4-5-16-12/h4-5,8-9H,2-3,6-7H2,1H3. The van der Waals surface area contributed by atoms with Gasteiger partial charge >= 0.3 is 0 Å². The summed E-state index contributed by atoms with van der Waals surface area (Å²) in [7, 11) is 1.59. The van der Waals surface area contributed by atoms with Gasteiger partial charge < -0.3 is 9.64 Å². The highest BCUT2D eigenvalue weighted by Gasteiger charge is 2.23. The van der Waals surface area contributed by atoms with Gasteiger partial charge in [-0.1, -0.05) is 0 Å². The van der Waals surface area contributed by atoms with Gasteiger partial charge in [-0.05, 0) is 6.42 Å². The van der Waals surface area contributed by atoms with Crippen molar-refractivity contribution in [2.24, 2.45) is 0 Å². The second kappa shape index (κ2) is 5.82. The third-order valence-electron chi connectivity index (χ3n) is 3.51. The topological polar surface area (TPSA) is 81.1 Å². The molecule has 0 radical (unpaired) electrons. The molecule has 2 aromatic heterocycles. The molecule has 1 aliphatic rings. The molecule has 0 unspecified atom stereocenters. The zero-order chi connectivity index (χ0) is 14.7. The number of amides is 1. The third kappa shape index (κ3) is 2.67. The minimum atomic E-state index is -0.108. The van der Waals surface area contributed by atoms with Crippen LogP contribution in [0.4, 0.5) is 0 Å². The van der Waals surface area contributed by atoms with Crippen molar-refractivity contribution in [1.29, 1.82) is 0 Å². The van der Waals surface area contributed by atoms with E-state index in [1.807, 2.05) is 0 Å². The van der Waals surface area contributed by atoms with Crippen LogP contribution in [0.1, 0.15) is 21.7 Å². The fourth-order valence-corrected chi connectivity index (χ4v) is 2.45. The van der Waals surface area contributed by atoms with Gasteiger partial charge in [-0.15, -0.1) is 0 Å². The number of carbonyl (C=O) groups excluding carboxylic acids is 1. The Hall–Kier alpha value is -2.57. The Morgan fingerprint density at radius 1 is 1.19 bits per heavy atom. The smallest absolute Gasteiger partial charge is 0.274 e. The van der Waals surface area contributed by atoms with Crippen LogP contribution in [-0.4, -0.2) is 50.9 Å². The van der Waals surface area contributed by atoms with Gasteiger partial charge in [0.15, 0.2) is 0 Å². The monoisotopic (exact) mass is 285 g/mol. The SMILES string of the molecule is COc1ncnc2c1CCN(C(=O)c1cnccn1)CC2. The van der Waals surface area contributed by atoms with Gasteiger partial charge in [0, 0.05) is 37.5 Å². The van der Waals surface area contributed by atoms with Crippen LogP contribution in [0.15, 0.2) is 24.9 Å². The summed E-state index contributed by atoms with van der Waals surface area (Å²) in [6, 6.07) is 0. The first-order valence-electron chi connectivity index (χ1n) is 6.71. The fourth-order valence-electron chi connectivity index (χ4n) is 2.45. The predicted octanol–water partition coefficient (Wildman–Crippen LogP) is 0.516. The first-order chi connectivity index (χ1) is 10.3. The lowest BCUT2D eigenvalue weighted by atomic mass is 10.1. The lowest BCUT2D eigenvalue weighted by Crippen LogP contribution is -2.33. The maximum atomic E-state index is 12.4. The molecule has 7 heteroatoms. The zero-order valence-electron chi connectivity index (χ0n) is 11.7. The number of ether oxygens (including phenoxy) is 1. The molecule has 0 fully saturated rings. The summed E-state index contributed by atoms with van der Waals surface area (Å²) in [4.78, 5) is 30.6. The minimum Gasteiger partial charge on any atom is -0.481 e. The van der Waals surface area contributed by atoms with E-state index in [0.717, 1.165) is 11.3 Å². The Labute approximate surface area is 122 Å². The highest BCUT2D eigenvalue weighted by molar-refractivity contribution is 5.92. The van der Waals surface area contributed by atoms with Crippen LogP contribution < -0.4 is 4.74 Å². The van der Waals surface area contributed by atoms with Crippen LogP contribution in [0.2, 0.25) is 0 Å². The number of fused-ring (bicyclic) bond motifs is 1. The van der Waals surface area contributed by atoms with E-state index in [1.54, 1.807) is 18.2 Å². The molecule has 1 amide bonds. The van der Waals surface area contributed by atoms with Crippen molar-refractivity contribution in [3.8, 4) is 5.88 Å². The molecule has 0 aliphatic carbocycles. The van der Waals surface area contributed by atoms with Crippen molar-refractivity contribution in [2.75, 3.05) is 20.2 Å². The molecular weight excluding hydrogens is 270 g/mol. The Bertz CT molecular complexity index is 647. The quantitative estimate of drug-likeness (QED) is 0.800. The maximum absolute atomic E-state index is 12.4. The Balaban J connectivity index is 1.80. The van der Waals surface area contributed by atoms with Crippen LogP contribution in [0.3, 0.4) is 0 Å². The molecule has 1 aliphatic heterocycles. The van der Waals surface area contributed by atoms with E-state index in [9.17, 15) is 4.79 Å². The first-order valence-corrected chi connectivity index (χ1v) is 6.71. The van der Waals surface area contributed by atoms with Gasteiger partial charge in [-0.3, -0.25) is 9.78 Å². The predicted molar refractivity (Wildman–Crippen MR) is 73.9 cm³/mol. The van der Waals surface area contributed by atoms with E-state index in [4.69, 9.17) is 4.74 Å². The zero-order valence-corrected chi connectivity index (χ0v) is 11.7. The molecule has 108 valence electrons. The average molecular weight is 285 g/mol. The third-order valence-corrected chi connectivity index (χ3v) is 3.51. The maximum Gasteiger partial charge on any atom is 0.274 e. The molecule has 0 aromatic carbocycles. The van der Waals surface area contributed by atoms with Crippen LogP contribution in [0.25, 0.3) is 0 Å². The number of nitrogens with zero attached hydrogens (tertiary/aromatic N) is 5. The van der Waals surface area contributed by atoms with Gasteiger partial charge in [0.05, 0.1) is 19.0 Å². The van der Waals surface area contributed by atoms with E-state index >= 15 is 0 Å². The first kappa shape index (κ1) is 13.4. The van der Waals surface area contributed by atoms with Crippen molar-refractivity contribution in [1.82, 2.24) is 24.8 Å². The normalized spacial score (nSPS) is 14.2. The second-order valence-corrected chi connectivity index (χ2v) is 4.69. The number of hydrogen-bond acceptors (Lipinski definition) is 6. The van der Waals surface area contributed by atoms with E-state index < -0.39 is 0 Å². The molecule has 21 heavy (non-hydrogen) atoms. The van der Waals surface area contributed by atoms with E-state index in [2.05, 4.69) is 19.9 Å². The molecule has 0 atom stereocenters. The second-order valence-electron chi connectivity index (χ2n) is 4.69. The van der Waals surface area contributed by atoms with Crippen molar-refractivity contribution in [3.05, 3.63) is 41.9 Å². The number of rotatable bonds is 2. The Morgan fingerprint density at radius 2 is 2.05 bits per heavy atom. The van der Waals surface area contributed by atoms with Crippen molar-refractivity contribution in [2.45, 2.75) is 12.8 Å². The lowest BCUT2D eigenvalue weighted by Gasteiger charge is -2.19. The summed E-state index contributed by atoms with van der Waals surface area (Å²) in [6.45, 7) is 1.19. The van der Waals surface area contributed by atoms with Crippen LogP contribution in [0.5, 0.6) is 5.88 Å². The van der Waals surface area contributed by atoms with Gasteiger partial charge in [0.1, 0.15) is 12.0 Å². The van der Waals surface area contributed by atoms with Crippen molar-refractivity contribution < 1.29 is 9.53 Å². The molecule has 0 saturated heterocycles. The Kier molecular flexibility index (Phi) is 3.72. The summed E-state index contributed by atoms with van der Waals surface area (Å²) in [5.41, 5.74) is 2.28. The highest BCUT2D eigenvalue weighted by Crippen LogP contribution is 2.22. The molecule has 0 saturated carbocycles. The molecule has 0 bridgehead atoms. The molecule has 0 spiro atoms. The van der Waals surface area contributed by atoms with E-state index in [-0.39, 0.29) is 5.91 Å². The number of hydrogen-bond donors (Lipinski definition) is 0. The van der Waals surface area contributed by atoms with Gasteiger partial charge in [-0.25, -0.2) is 15.0 Å². The summed E-state index contributed by atoms with van der Waals surface area (Å²) < 4.78 is 5.27. The molecule has 0 N–H and O–H groups in total. The van der Waals surface area contributed by atoms with Gasteiger partial charge in [0.2, 0.25) is 5.88 Å². The molecule has 7 nitrogen and oxygen atoms in total. The summed E-state index contributed by atoms with van der Waals surface area (Å²) in [5, 5.41) is 0. The number of carbonyl (C=O) groups is 1. The molecule has 2 aromatic rings. The van der Waals surface area contributed by atoms with Crippen LogP contribution in [0, 0.1) is 0 Å². The van der Waals surface area contributed by atoms with Crippen LogP contribution in [-0.2, 0) is 12.8 Å². The lowest BCUT2D eigenvalue weighted by molar-refractivity contribution is 0.0756. The minimum absolute atomic E-state index is 0.108. The number of aromatic nitrogens is 4. The Morgan fingerprint density at radius 3 is 2.81 bits per heavy atom. The van der Waals surface area contributed by atoms with E-state index in [0.29, 0.717) is 37.5 Å². The summed E-state index contributed by atoms with van der Waals surface area (Å²) in [5.74, 6) is 0.483. The summed E-state index contributed by atoms with van der Waals surface area (Å²) >= 11 is 0. The van der Waals surface area contributed by atoms with Gasteiger partial charge in [-0.2, -0.15) is 0 Å². The van der Waals surface area contributed by atoms with Crippen molar-refractivity contribution in [3.63, 3.8) is 0 Å². The largest absolute Gasteiger partial charge is 0.481 e.